The van der Waals surface area contributed by atoms with Crippen molar-refractivity contribution in [2.45, 2.75) is 18.9 Å². The molecule has 0 radical (unpaired) electrons. The maximum Gasteiger partial charge on any atom is 0.173 e. The summed E-state index contributed by atoms with van der Waals surface area (Å²) in [5.74, 6) is 0.177. The zero-order chi connectivity index (χ0) is 11.5. The van der Waals surface area contributed by atoms with E-state index >= 15 is 0 Å². The fourth-order valence-corrected chi connectivity index (χ4v) is 2.52. The predicted octanol–water partition coefficient (Wildman–Crippen LogP) is 1.87. The van der Waals surface area contributed by atoms with Gasteiger partial charge in [0.1, 0.15) is 9.84 Å². The average Bonchev–Trinajstić information content (AvgIpc) is 2.48. The van der Waals surface area contributed by atoms with Gasteiger partial charge in [0.15, 0.2) is 4.67 Å². The first-order chi connectivity index (χ1) is 6.90. The van der Waals surface area contributed by atoms with Gasteiger partial charge >= 0.3 is 0 Å². The van der Waals surface area contributed by atoms with Gasteiger partial charge in [-0.05, 0) is 34.8 Å². The van der Waals surface area contributed by atoms with Crippen LogP contribution in [0.15, 0.2) is 21.4 Å². The lowest BCUT2D eigenvalue weighted by molar-refractivity contribution is 0.526. The van der Waals surface area contributed by atoms with Gasteiger partial charge in [0.05, 0.1) is 6.26 Å². The monoisotopic (exact) mass is 295 g/mol. The van der Waals surface area contributed by atoms with Crippen molar-refractivity contribution in [1.82, 2.24) is 0 Å². The molecule has 0 aromatic carbocycles. The van der Waals surface area contributed by atoms with Crippen LogP contribution in [0.1, 0.15) is 24.4 Å². The third kappa shape index (κ3) is 4.36. The average molecular weight is 296 g/mol. The molecule has 0 amide bonds. The van der Waals surface area contributed by atoms with Crippen molar-refractivity contribution in [3.05, 3.63) is 22.6 Å². The molecule has 1 unspecified atom stereocenters. The fraction of sp³-hybridized carbons (Fsp3) is 0.556. The first-order valence-electron chi connectivity index (χ1n) is 4.56. The molecule has 1 rings (SSSR count). The maximum absolute atomic E-state index is 10.9. The minimum atomic E-state index is -2.89. The first-order valence-corrected chi connectivity index (χ1v) is 7.41. The van der Waals surface area contributed by atoms with Crippen molar-refractivity contribution >= 4 is 25.8 Å². The van der Waals surface area contributed by atoms with Crippen LogP contribution in [0.4, 0.5) is 0 Å². The van der Waals surface area contributed by atoms with Gasteiger partial charge in [-0.2, -0.15) is 0 Å². The molecule has 0 saturated heterocycles. The second-order valence-corrected chi connectivity index (χ2v) is 6.51. The lowest BCUT2D eigenvalue weighted by atomic mass is 10.1. The summed E-state index contributed by atoms with van der Waals surface area (Å²) >= 11 is 3.23. The number of rotatable bonds is 5. The minimum absolute atomic E-state index is 0.177. The Labute approximate surface area is 97.9 Å². The van der Waals surface area contributed by atoms with Crippen LogP contribution < -0.4 is 5.73 Å². The molecule has 0 aliphatic carbocycles. The smallest absolute Gasteiger partial charge is 0.173 e. The van der Waals surface area contributed by atoms with Gasteiger partial charge in [-0.15, -0.1) is 0 Å². The number of furan rings is 1. The lowest BCUT2D eigenvalue weighted by Crippen LogP contribution is -2.12. The van der Waals surface area contributed by atoms with E-state index < -0.39 is 9.84 Å². The van der Waals surface area contributed by atoms with E-state index in [-0.39, 0.29) is 11.8 Å². The number of hydrogen-bond acceptors (Lipinski definition) is 4. The molecule has 1 heterocycles. The van der Waals surface area contributed by atoms with E-state index in [1.807, 2.05) is 0 Å². The molecule has 4 nitrogen and oxygen atoms in total. The Morgan fingerprint density at radius 1 is 1.60 bits per heavy atom. The van der Waals surface area contributed by atoms with E-state index in [2.05, 4.69) is 15.9 Å². The summed E-state index contributed by atoms with van der Waals surface area (Å²) in [7, 11) is -2.89. The zero-order valence-corrected chi connectivity index (χ0v) is 10.8. The Hall–Kier alpha value is -0.330. The quantitative estimate of drug-likeness (QED) is 0.900. The standard InChI is InChI=1S/C9H14BrNO3S/c1-15(12,13)6-2-3-8(11)7-4-5-14-9(7)10/h4-5,8H,2-3,6,11H2,1H3. The topological polar surface area (TPSA) is 73.3 Å². The number of hydrogen-bond donors (Lipinski definition) is 1. The summed E-state index contributed by atoms with van der Waals surface area (Å²) in [6, 6.07) is 1.61. The van der Waals surface area contributed by atoms with Crippen molar-refractivity contribution in [1.29, 1.82) is 0 Å². The van der Waals surface area contributed by atoms with Crippen LogP contribution in [-0.4, -0.2) is 20.4 Å². The van der Waals surface area contributed by atoms with Crippen LogP contribution in [-0.2, 0) is 9.84 Å². The Balaban J connectivity index is 2.44. The molecule has 0 saturated carbocycles. The molecule has 0 fully saturated rings. The summed E-state index contributed by atoms with van der Waals surface area (Å²) in [5.41, 5.74) is 6.76. The van der Waals surface area contributed by atoms with Gasteiger partial charge in [-0.1, -0.05) is 0 Å². The summed E-state index contributed by atoms with van der Waals surface area (Å²) in [4.78, 5) is 0. The van der Waals surface area contributed by atoms with Gasteiger partial charge in [-0.25, -0.2) is 8.42 Å². The molecule has 0 spiro atoms. The van der Waals surface area contributed by atoms with Gasteiger partial charge in [0, 0.05) is 23.6 Å². The second-order valence-electron chi connectivity index (χ2n) is 3.53. The highest BCUT2D eigenvalue weighted by molar-refractivity contribution is 9.10. The lowest BCUT2D eigenvalue weighted by Gasteiger charge is -2.09. The minimum Gasteiger partial charge on any atom is -0.457 e. The Morgan fingerprint density at radius 2 is 2.27 bits per heavy atom. The second kappa shape index (κ2) is 5.14. The molecule has 6 heteroatoms. The predicted molar refractivity (Wildman–Crippen MR) is 62.3 cm³/mol. The van der Waals surface area contributed by atoms with E-state index in [4.69, 9.17) is 10.2 Å². The van der Waals surface area contributed by atoms with Gasteiger partial charge in [-0.3, -0.25) is 0 Å². The highest BCUT2D eigenvalue weighted by Gasteiger charge is 2.13. The van der Waals surface area contributed by atoms with Gasteiger partial charge < -0.3 is 10.2 Å². The molecule has 2 N–H and O–H groups in total. The molecule has 0 bridgehead atoms. The fourth-order valence-electron chi connectivity index (χ4n) is 1.29. The van der Waals surface area contributed by atoms with Crippen LogP contribution >= 0.6 is 15.9 Å². The van der Waals surface area contributed by atoms with E-state index in [1.54, 1.807) is 12.3 Å². The molecule has 0 aliphatic rings. The van der Waals surface area contributed by atoms with Crippen LogP contribution in [0.3, 0.4) is 0 Å². The van der Waals surface area contributed by atoms with E-state index in [0.717, 1.165) is 5.56 Å². The summed E-state index contributed by atoms with van der Waals surface area (Å²) in [6.07, 6.45) is 3.98. The summed E-state index contributed by atoms with van der Waals surface area (Å²) < 4.78 is 27.5. The molecule has 1 atom stereocenters. The van der Waals surface area contributed by atoms with Crippen molar-refractivity contribution in [3.63, 3.8) is 0 Å². The normalized spacial score (nSPS) is 14.1. The van der Waals surface area contributed by atoms with Crippen molar-refractivity contribution in [3.8, 4) is 0 Å². The number of nitrogens with two attached hydrogens (primary N) is 1. The Kier molecular flexibility index (Phi) is 4.36. The van der Waals surface area contributed by atoms with Gasteiger partial charge in [0.2, 0.25) is 0 Å². The summed E-state index contributed by atoms with van der Waals surface area (Å²) in [6.45, 7) is 0. The number of halogens is 1. The van der Waals surface area contributed by atoms with Gasteiger partial charge in [0.25, 0.3) is 0 Å². The van der Waals surface area contributed by atoms with E-state index in [0.29, 0.717) is 17.5 Å². The Morgan fingerprint density at radius 3 is 2.73 bits per heavy atom. The number of sulfone groups is 1. The zero-order valence-electron chi connectivity index (χ0n) is 8.44. The van der Waals surface area contributed by atoms with Crippen molar-refractivity contribution < 1.29 is 12.8 Å². The van der Waals surface area contributed by atoms with Crippen LogP contribution in [0, 0.1) is 0 Å². The SMILES string of the molecule is CS(=O)(=O)CCCC(N)c1ccoc1Br. The third-order valence-electron chi connectivity index (χ3n) is 2.08. The van der Waals surface area contributed by atoms with Crippen LogP contribution in [0.25, 0.3) is 0 Å². The molecule has 0 aliphatic heterocycles. The molecule has 15 heavy (non-hydrogen) atoms. The molecular weight excluding hydrogens is 282 g/mol. The van der Waals surface area contributed by atoms with Crippen molar-refractivity contribution in [2.24, 2.45) is 5.73 Å². The maximum atomic E-state index is 10.9. The largest absolute Gasteiger partial charge is 0.457 e. The van der Waals surface area contributed by atoms with Crippen LogP contribution in [0.2, 0.25) is 0 Å². The van der Waals surface area contributed by atoms with E-state index in [1.165, 1.54) is 6.26 Å². The third-order valence-corrected chi connectivity index (χ3v) is 3.75. The van der Waals surface area contributed by atoms with Crippen molar-refractivity contribution in [2.75, 3.05) is 12.0 Å². The Bertz CT molecular complexity index is 413. The molecular formula is C9H14BrNO3S. The van der Waals surface area contributed by atoms with E-state index in [9.17, 15) is 8.42 Å². The highest BCUT2D eigenvalue weighted by atomic mass is 79.9. The molecule has 1 aromatic heterocycles. The first kappa shape index (κ1) is 12.7. The molecule has 1 aromatic rings. The highest BCUT2D eigenvalue weighted by Crippen LogP contribution is 2.25. The van der Waals surface area contributed by atoms with Crippen LogP contribution in [0.5, 0.6) is 0 Å². The summed E-state index contributed by atoms with van der Waals surface area (Å²) in [5, 5.41) is 0. The molecule has 86 valence electrons.